The van der Waals surface area contributed by atoms with Crippen molar-refractivity contribution in [2.45, 2.75) is 52.0 Å². The van der Waals surface area contributed by atoms with Gasteiger partial charge in [0.25, 0.3) is 0 Å². The molecule has 0 bridgehead atoms. The molecule has 0 amide bonds. The van der Waals surface area contributed by atoms with Gasteiger partial charge in [-0.3, -0.25) is 0 Å². The molecule has 2 nitrogen and oxygen atoms in total. The van der Waals surface area contributed by atoms with E-state index in [2.05, 4.69) is 19.2 Å². The normalized spacial score (nSPS) is 21.4. The maximum absolute atomic E-state index is 9.19. The number of hydrogen-bond donors (Lipinski definition) is 2. The van der Waals surface area contributed by atoms with Crippen LogP contribution in [-0.4, -0.2) is 24.3 Å². The molecule has 0 aromatic rings. The molecule has 0 aliphatic heterocycles. The third-order valence-electron chi connectivity index (χ3n) is 3.45. The Labute approximate surface area is 88.1 Å². The molecule has 0 heterocycles. The van der Waals surface area contributed by atoms with E-state index in [1.54, 1.807) is 0 Å². The first-order chi connectivity index (χ1) is 6.74. The van der Waals surface area contributed by atoms with E-state index < -0.39 is 0 Å². The van der Waals surface area contributed by atoms with Gasteiger partial charge in [0.1, 0.15) is 0 Å². The molecule has 0 saturated heterocycles. The van der Waals surface area contributed by atoms with E-state index in [0.29, 0.717) is 18.4 Å². The highest BCUT2D eigenvalue weighted by Crippen LogP contribution is 2.18. The molecule has 0 aromatic carbocycles. The Morgan fingerprint density at radius 2 is 1.86 bits per heavy atom. The minimum Gasteiger partial charge on any atom is -0.396 e. The summed E-state index contributed by atoms with van der Waals surface area (Å²) in [6.45, 7) is 5.67. The Kier molecular flexibility index (Phi) is 5.49. The number of aliphatic hydroxyl groups is 1. The summed E-state index contributed by atoms with van der Waals surface area (Å²) in [5.74, 6) is 1.01. The van der Waals surface area contributed by atoms with Crippen LogP contribution in [0.4, 0.5) is 0 Å². The van der Waals surface area contributed by atoms with Crippen molar-refractivity contribution in [3.63, 3.8) is 0 Å². The van der Waals surface area contributed by atoms with Crippen LogP contribution in [0, 0.1) is 11.8 Å². The summed E-state index contributed by atoms with van der Waals surface area (Å²) in [5, 5.41) is 12.8. The Balaban J connectivity index is 2.16. The highest BCUT2D eigenvalue weighted by atomic mass is 16.3. The van der Waals surface area contributed by atoms with Crippen molar-refractivity contribution in [2.24, 2.45) is 11.8 Å². The molecule has 1 atom stereocenters. The maximum Gasteiger partial charge on any atom is 0.0473 e. The second kappa shape index (κ2) is 6.41. The summed E-state index contributed by atoms with van der Waals surface area (Å²) in [5.41, 5.74) is 0. The summed E-state index contributed by atoms with van der Waals surface area (Å²) < 4.78 is 0. The van der Waals surface area contributed by atoms with Gasteiger partial charge in [-0.05, 0) is 24.7 Å². The summed E-state index contributed by atoms with van der Waals surface area (Å²) >= 11 is 0. The van der Waals surface area contributed by atoms with Crippen molar-refractivity contribution in [3.8, 4) is 0 Å². The third-order valence-corrected chi connectivity index (χ3v) is 3.45. The maximum atomic E-state index is 9.19. The Morgan fingerprint density at radius 3 is 2.36 bits per heavy atom. The minimum atomic E-state index is 0.317. The molecule has 1 rings (SSSR count). The molecular weight excluding hydrogens is 174 g/mol. The van der Waals surface area contributed by atoms with Crippen molar-refractivity contribution >= 4 is 0 Å². The third kappa shape index (κ3) is 3.97. The lowest BCUT2D eigenvalue weighted by Gasteiger charge is -2.26. The molecule has 2 heteroatoms. The molecule has 84 valence electrons. The van der Waals surface area contributed by atoms with Crippen LogP contribution in [0.25, 0.3) is 0 Å². The van der Waals surface area contributed by atoms with Crippen LogP contribution in [0.5, 0.6) is 0 Å². The van der Waals surface area contributed by atoms with Crippen LogP contribution in [0.15, 0.2) is 0 Å². The van der Waals surface area contributed by atoms with E-state index in [4.69, 9.17) is 0 Å². The first kappa shape index (κ1) is 12.0. The van der Waals surface area contributed by atoms with Gasteiger partial charge in [-0.15, -0.1) is 0 Å². The topological polar surface area (TPSA) is 32.3 Å². The first-order valence-corrected chi connectivity index (χ1v) is 6.08. The zero-order valence-corrected chi connectivity index (χ0v) is 9.63. The van der Waals surface area contributed by atoms with Crippen LogP contribution in [0.2, 0.25) is 0 Å². The largest absolute Gasteiger partial charge is 0.396 e. The van der Waals surface area contributed by atoms with Crippen molar-refractivity contribution in [2.75, 3.05) is 13.2 Å². The van der Waals surface area contributed by atoms with E-state index in [1.807, 2.05) is 0 Å². The molecule has 1 aliphatic rings. The Hall–Kier alpha value is -0.0800. The summed E-state index contributed by atoms with van der Waals surface area (Å²) in [7, 11) is 0. The van der Waals surface area contributed by atoms with Gasteiger partial charge >= 0.3 is 0 Å². The van der Waals surface area contributed by atoms with Crippen LogP contribution >= 0.6 is 0 Å². The molecule has 1 unspecified atom stereocenters. The molecule has 14 heavy (non-hydrogen) atoms. The second-order valence-electron chi connectivity index (χ2n) is 4.93. The van der Waals surface area contributed by atoms with Crippen molar-refractivity contribution < 1.29 is 5.11 Å². The van der Waals surface area contributed by atoms with E-state index >= 15 is 0 Å². The fourth-order valence-electron chi connectivity index (χ4n) is 2.14. The molecule has 1 fully saturated rings. The molecule has 0 radical (unpaired) electrons. The van der Waals surface area contributed by atoms with Gasteiger partial charge in [-0.1, -0.05) is 33.1 Å². The van der Waals surface area contributed by atoms with Gasteiger partial charge in [-0.25, -0.2) is 0 Å². The van der Waals surface area contributed by atoms with Gasteiger partial charge in [0.2, 0.25) is 0 Å². The lowest BCUT2D eigenvalue weighted by atomic mass is 9.93. The van der Waals surface area contributed by atoms with Crippen LogP contribution < -0.4 is 5.32 Å². The van der Waals surface area contributed by atoms with Crippen molar-refractivity contribution in [1.29, 1.82) is 0 Å². The van der Waals surface area contributed by atoms with Crippen LogP contribution in [0.3, 0.4) is 0 Å². The van der Waals surface area contributed by atoms with Gasteiger partial charge in [0.15, 0.2) is 0 Å². The number of aliphatic hydroxyl groups excluding tert-OH is 1. The van der Waals surface area contributed by atoms with Gasteiger partial charge in [0, 0.05) is 19.2 Å². The highest BCUT2D eigenvalue weighted by Gasteiger charge is 2.16. The van der Waals surface area contributed by atoms with Gasteiger partial charge in [0.05, 0.1) is 0 Å². The quantitative estimate of drug-likeness (QED) is 0.711. The lowest BCUT2D eigenvalue weighted by molar-refractivity contribution is 0.179. The van der Waals surface area contributed by atoms with Gasteiger partial charge in [-0.2, -0.15) is 0 Å². The first-order valence-electron chi connectivity index (χ1n) is 6.08. The molecule has 2 N–H and O–H groups in total. The fourth-order valence-corrected chi connectivity index (χ4v) is 2.14. The van der Waals surface area contributed by atoms with E-state index in [-0.39, 0.29) is 0 Å². The van der Waals surface area contributed by atoms with E-state index in [0.717, 1.165) is 12.6 Å². The SMILES string of the molecule is CC(C)C(CO)CNC1CCCCC1. The smallest absolute Gasteiger partial charge is 0.0473 e. The van der Waals surface area contributed by atoms with E-state index in [9.17, 15) is 5.11 Å². The molecule has 0 aromatic heterocycles. The Morgan fingerprint density at radius 1 is 1.21 bits per heavy atom. The van der Waals surface area contributed by atoms with Crippen molar-refractivity contribution in [1.82, 2.24) is 5.32 Å². The predicted octanol–water partition coefficient (Wildman–Crippen LogP) is 2.17. The summed E-state index contributed by atoms with van der Waals surface area (Å²) in [6.07, 6.45) is 6.82. The zero-order valence-electron chi connectivity index (χ0n) is 9.63. The van der Waals surface area contributed by atoms with Crippen molar-refractivity contribution in [3.05, 3.63) is 0 Å². The molecule has 1 saturated carbocycles. The fraction of sp³-hybridized carbons (Fsp3) is 1.00. The standard InChI is InChI=1S/C12H25NO/c1-10(2)11(9-14)8-13-12-6-4-3-5-7-12/h10-14H,3-9H2,1-2H3. The van der Waals surface area contributed by atoms with Crippen LogP contribution in [0.1, 0.15) is 46.0 Å². The Bertz CT molecular complexity index is 141. The predicted molar refractivity (Wildman–Crippen MR) is 60.3 cm³/mol. The minimum absolute atomic E-state index is 0.317. The molecule has 1 aliphatic carbocycles. The number of nitrogens with one attached hydrogen (secondary N) is 1. The second-order valence-corrected chi connectivity index (χ2v) is 4.93. The zero-order chi connectivity index (χ0) is 10.4. The average Bonchev–Trinajstić information content (AvgIpc) is 2.20. The summed E-state index contributed by atoms with van der Waals surface area (Å²) in [6, 6.07) is 0.719. The monoisotopic (exact) mass is 199 g/mol. The number of rotatable bonds is 5. The molecule has 0 spiro atoms. The summed E-state index contributed by atoms with van der Waals surface area (Å²) in [4.78, 5) is 0. The lowest BCUT2D eigenvalue weighted by Crippen LogP contribution is -2.37. The number of hydrogen-bond acceptors (Lipinski definition) is 2. The highest BCUT2D eigenvalue weighted by molar-refractivity contribution is 4.74. The molecular formula is C12H25NO. The average molecular weight is 199 g/mol. The van der Waals surface area contributed by atoms with Crippen LogP contribution in [-0.2, 0) is 0 Å². The van der Waals surface area contributed by atoms with Gasteiger partial charge < -0.3 is 10.4 Å². The van der Waals surface area contributed by atoms with E-state index in [1.165, 1.54) is 32.1 Å².